The highest BCUT2D eigenvalue weighted by molar-refractivity contribution is 7.15. The van der Waals surface area contributed by atoms with Gasteiger partial charge in [0.2, 0.25) is 5.13 Å². The van der Waals surface area contributed by atoms with Crippen LogP contribution in [0.5, 0.6) is 17.2 Å². The second kappa shape index (κ2) is 10.3. The zero-order valence-corrected chi connectivity index (χ0v) is 22.1. The first-order valence-corrected chi connectivity index (χ1v) is 13.1. The quantitative estimate of drug-likeness (QED) is 0.191. The zero-order chi connectivity index (χ0) is 27.0. The van der Waals surface area contributed by atoms with Gasteiger partial charge in [-0.1, -0.05) is 30.1 Å². The minimum Gasteiger partial charge on any atom is -0.507 e. The lowest BCUT2D eigenvalue weighted by atomic mass is 9.94. The maximum absolute atomic E-state index is 13.5. The summed E-state index contributed by atoms with van der Waals surface area (Å²) in [5.74, 6) is -0.205. The first-order valence-electron chi connectivity index (χ1n) is 12.2. The third kappa shape index (κ3) is 4.51. The summed E-state index contributed by atoms with van der Waals surface area (Å²) in [7, 11) is 0. The van der Waals surface area contributed by atoms with E-state index in [4.69, 9.17) is 14.2 Å². The van der Waals surface area contributed by atoms with Crippen LogP contribution in [0.3, 0.4) is 0 Å². The number of anilines is 1. The molecule has 5 rings (SSSR count). The lowest BCUT2D eigenvalue weighted by molar-refractivity contribution is -0.132. The number of ketones is 1. The Morgan fingerprint density at radius 1 is 1.21 bits per heavy atom. The molecule has 2 atom stereocenters. The van der Waals surface area contributed by atoms with E-state index in [1.54, 1.807) is 49.4 Å². The fourth-order valence-electron chi connectivity index (χ4n) is 4.68. The molecule has 1 aromatic heterocycles. The highest BCUT2D eigenvalue weighted by Gasteiger charge is 2.48. The largest absolute Gasteiger partial charge is 0.507 e. The van der Waals surface area contributed by atoms with Crippen LogP contribution < -0.4 is 19.1 Å². The molecule has 1 fully saturated rings. The standard InChI is InChI=1S/C28H27N3O6S/c1-5-11-36-21-10-7-17(14-22(21)35-6-2)24-23(26(33)27(34)31(24)28-30-29-16(4)38-28)25(32)18-8-9-20-19(13-18)12-15(3)37-20/h5,7-10,13-15,24,32H,1,6,11-12H2,2-4H3/b25-23+. The summed E-state index contributed by atoms with van der Waals surface area (Å²) >= 11 is 1.19. The van der Waals surface area contributed by atoms with Gasteiger partial charge >= 0.3 is 5.91 Å². The van der Waals surface area contributed by atoms with Gasteiger partial charge in [0.1, 0.15) is 29.2 Å². The minimum absolute atomic E-state index is 0.0208. The van der Waals surface area contributed by atoms with Crippen LogP contribution in [0.4, 0.5) is 5.13 Å². The smallest absolute Gasteiger partial charge is 0.301 e. The van der Waals surface area contributed by atoms with Gasteiger partial charge in [0.05, 0.1) is 18.2 Å². The second-order valence-electron chi connectivity index (χ2n) is 8.97. The van der Waals surface area contributed by atoms with Gasteiger partial charge in [-0.2, -0.15) is 0 Å². The van der Waals surface area contributed by atoms with Crippen LogP contribution in [0.25, 0.3) is 5.76 Å². The number of hydrogen-bond acceptors (Lipinski definition) is 9. The molecule has 1 saturated heterocycles. The first-order chi connectivity index (χ1) is 18.3. The third-order valence-corrected chi connectivity index (χ3v) is 7.11. The number of benzene rings is 2. The Kier molecular flexibility index (Phi) is 6.90. The summed E-state index contributed by atoms with van der Waals surface area (Å²) in [6, 6.07) is 9.46. The predicted octanol–water partition coefficient (Wildman–Crippen LogP) is 4.76. The van der Waals surface area contributed by atoms with Crippen LogP contribution in [0.2, 0.25) is 0 Å². The number of aliphatic hydroxyl groups is 1. The van der Waals surface area contributed by atoms with Crippen molar-refractivity contribution in [1.82, 2.24) is 10.2 Å². The van der Waals surface area contributed by atoms with Gasteiger partial charge in [0, 0.05) is 12.0 Å². The number of fused-ring (bicyclic) bond motifs is 1. The fourth-order valence-corrected chi connectivity index (χ4v) is 5.40. The lowest BCUT2D eigenvalue weighted by Crippen LogP contribution is -2.29. The second-order valence-corrected chi connectivity index (χ2v) is 10.1. The van der Waals surface area contributed by atoms with Crippen molar-refractivity contribution in [3.8, 4) is 17.2 Å². The Balaban J connectivity index is 1.67. The number of rotatable bonds is 8. The molecule has 3 aromatic rings. The Bertz CT molecular complexity index is 1460. The van der Waals surface area contributed by atoms with E-state index >= 15 is 0 Å². The first kappa shape index (κ1) is 25.5. The van der Waals surface area contributed by atoms with Crippen molar-refractivity contribution in [3.05, 3.63) is 76.3 Å². The molecule has 10 heteroatoms. The summed E-state index contributed by atoms with van der Waals surface area (Å²) in [6.45, 7) is 9.91. The molecule has 2 aliphatic rings. The monoisotopic (exact) mass is 533 g/mol. The molecular formula is C28H27N3O6S. The molecule has 0 aliphatic carbocycles. The van der Waals surface area contributed by atoms with Crippen molar-refractivity contribution in [2.75, 3.05) is 18.1 Å². The van der Waals surface area contributed by atoms with Crippen molar-refractivity contribution in [3.63, 3.8) is 0 Å². The van der Waals surface area contributed by atoms with Crippen molar-refractivity contribution in [1.29, 1.82) is 0 Å². The Morgan fingerprint density at radius 2 is 2.03 bits per heavy atom. The molecule has 0 bridgehead atoms. The molecule has 196 valence electrons. The normalized spacial score (nSPS) is 19.8. The number of amides is 1. The summed E-state index contributed by atoms with van der Waals surface area (Å²) < 4.78 is 17.3. The van der Waals surface area contributed by atoms with Crippen molar-refractivity contribution >= 4 is 33.9 Å². The zero-order valence-electron chi connectivity index (χ0n) is 21.3. The molecule has 3 heterocycles. The minimum atomic E-state index is -0.960. The number of nitrogens with zero attached hydrogens (tertiary/aromatic N) is 3. The maximum atomic E-state index is 13.5. The molecule has 0 saturated carbocycles. The van der Waals surface area contributed by atoms with E-state index in [9.17, 15) is 14.7 Å². The van der Waals surface area contributed by atoms with E-state index in [1.807, 2.05) is 13.8 Å². The van der Waals surface area contributed by atoms with E-state index < -0.39 is 17.7 Å². The highest BCUT2D eigenvalue weighted by Crippen LogP contribution is 2.45. The number of aromatic nitrogens is 2. The average molecular weight is 534 g/mol. The van der Waals surface area contributed by atoms with E-state index in [2.05, 4.69) is 16.8 Å². The van der Waals surface area contributed by atoms with Crippen LogP contribution in [-0.2, 0) is 16.0 Å². The van der Waals surface area contributed by atoms with Gasteiger partial charge in [-0.3, -0.25) is 14.5 Å². The highest BCUT2D eigenvalue weighted by atomic mass is 32.1. The summed E-state index contributed by atoms with van der Waals surface area (Å²) in [6.07, 6.45) is 2.33. The lowest BCUT2D eigenvalue weighted by Gasteiger charge is -2.23. The van der Waals surface area contributed by atoms with E-state index in [0.717, 1.165) is 11.3 Å². The summed E-state index contributed by atoms with van der Waals surface area (Å²) in [5.41, 5.74) is 1.85. The topological polar surface area (TPSA) is 111 Å². The van der Waals surface area contributed by atoms with Gasteiger partial charge in [-0.25, -0.2) is 0 Å². The van der Waals surface area contributed by atoms with Gasteiger partial charge in [0.15, 0.2) is 11.5 Å². The molecule has 2 unspecified atom stereocenters. The Morgan fingerprint density at radius 3 is 2.74 bits per heavy atom. The number of carbonyl (C=O) groups excluding carboxylic acids is 2. The molecule has 0 spiro atoms. The van der Waals surface area contributed by atoms with Crippen LogP contribution in [0, 0.1) is 6.92 Å². The molecule has 1 N–H and O–H groups in total. The number of aliphatic hydroxyl groups excluding tert-OH is 1. The molecule has 2 aliphatic heterocycles. The molecule has 2 aromatic carbocycles. The van der Waals surface area contributed by atoms with Crippen molar-refractivity contribution in [2.45, 2.75) is 39.3 Å². The van der Waals surface area contributed by atoms with E-state index in [1.165, 1.54) is 16.2 Å². The van der Waals surface area contributed by atoms with Crippen LogP contribution >= 0.6 is 11.3 Å². The number of hydrogen-bond donors (Lipinski definition) is 1. The van der Waals surface area contributed by atoms with Gasteiger partial charge in [-0.05, 0) is 62.2 Å². The molecule has 38 heavy (non-hydrogen) atoms. The SMILES string of the molecule is C=CCOc1ccc(C2/C(=C(\O)c3ccc4c(c3)CC(C)O4)C(=O)C(=O)N2c2nnc(C)s2)cc1OCC. The number of carbonyl (C=O) groups is 2. The fraction of sp³-hybridized carbons (Fsp3) is 0.286. The maximum Gasteiger partial charge on any atom is 0.301 e. The van der Waals surface area contributed by atoms with E-state index in [-0.39, 0.29) is 29.2 Å². The predicted molar refractivity (Wildman–Crippen MR) is 143 cm³/mol. The number of Topliss-reactive ketones (excluding diaryl/α,β-unsaturated/α-hetero) is 1. The summed E-state index contributed by atoms with van der Waals surface area (Å²) in [4.78, 5) is 28.1. The molecule has 0 radical (unpaired) electrons. The number of ether oxygens (including phenoxy) is 3. The molecule has 9 nitrogen and oxygen atoms in total. The van der Waals surface area contributed by atoms with Crippen LogP contribution in [0.1, 0.15) is 41.6 Å². The summed E-state index contributed by atoms with van der Waals surface area (Å²) in [5, 5.41) is 20.6. The molecule has 1 amide bonds. The van der Waals surface area contributed by atoms with Crippen molar-refractivity contribution in [2.24, 2.45) is 0 Å². The van der Waals surface area contributed by atoms with Gasteiger partial charge in [-0.15, -0.1) is 10.2 Å². The molecular weight excluding hydrogens is 506 g/mol. The van der Waals surface area contributed by atoms with Gasteiger partial charge in [0.25, 0.3) is 5.78 Å². The Labute approximate surface area is 224 Å². The van der Waals surface area contributed by atoms with Crippen LogP contribution in [0.15, 0.2) is 54.6 Å². The van der Waals surface area contributed by atoms with Crippen molar-refractivity contribution < 1.29 is 28.9 Å². The van der Waals surface area contributed by atoms with Crippen LogP contribution in [-0.4, -0.2) is 46.3 Å². The number of aryl methyl sites for hydroxylation is 1. The third-order valence-electron chi connectivity index (χ3n) is 6.28. The van der Waals surface area contributed by atoms with Gasteiger partial charge < -0.3 is 19.3 Å². The van der Waals surface area contributed by atoms with E-state index in [0.29, 0.717) is 40.7 Å². The Hall–Kier alpha value is -4.18. The average Bonchev–Trinajstić information content (AvgIpc) is 3.57.